The van der Waals surface area contributed by atoms with E-state index in [1.165, 1.54) is 0 Å². The maximum absolute atomic E-state index is 11.8. The van der Waals surface area contributed by atoms with E-state index in [1.807, 2.05) is 20.8 Å². The van der Waals surface area contributed by atoms with Crippen molar-refractivity contribution in [3.05, 3.63) is 0 Å². The van der Waals surface area contributed by atoms with Crippen molar-refractivity contribution in [2.24, 2.45) is 11.1 Å². The molecule has 7 heteroatoms. The molecular weight excluding hydrogens is 238 g/mol. The highest BCUT2D eigenvalue weighted by Crippen LogP contribution is 2.18. The second kappa shape index (κ2) is 6.23. The molecule has 0 saturated heterocycles. The fraction of sp³-hybridized carbons (Fsp3) is 0.727. The molecular formula is C11H21N3O4. The zero-order chi connectivity index (χ0) is 14.5. The average molecular weight is 259 g/mol. The van der Waals surface area contributed by atoms with Gasteiger partial charge in [-0.3, -0.25) is 9.59 Å². The smallest absolute Gasteiger partial charge is 0.323 e. The molecule has 0 aliphatic rings. The van der Waals surface area contributed by atoms with Crippen LogP contribution in [0.3, 0.4) is 0 Å². The van der Waals surface area contributed by atoms with Crippen molar-refractivity contribution in [2.75, 3.05) is 13.1 Å². The third-order valence-corrected chi connectivity index (χ3v) is 2.60. The van der Waals surface area contributed by atoms with Gasteiger partial charge in [-0.2, -0.15) is 0 Å². The van der Waals surface area contributed by atoms with Gasteiger partial charge in [-0.25, -0.2) is 4.79 Å². The van der Waals surface area contributed by atoms with Crippen molar-refractivity contribution >= 4 is 17.9 Å². The monoisotopic (exact) mass is 259 g/mol. The SMILES string of the molecule is CC(NC(=O)N(CC(N)=O)CC(=O)O)C(C)(C)C. The van der Waals surface area contributed by atoms with Crippen LogP contribution >= 0.6 is 0 Å². The minimum atomic E-state index is -1.20. The van der Waals surface area contributed by atoms with Crippen molar-refractivity contribution in [1.82, 2.24) is 10.2 Å². The Morgan fingerprint density at radius 2 is 1.78 bits per heavy atom. The van der Waals surface area contributed by atoms with Gasteiger partial charge in [0.05, 0.1) is 0 Å². The van der Waals surface area contributed by atoms with Gasteiger partial charge in [-0.1, -0.05) is 20.8 Å². The summed E-state index contributed by atoms with van der Waals surface area (Å²) in [5.74, 6) is -1.95. The van der Waals surface area contributed by atoms with Crippen molar-refractivity contribution < 1.29 is 19.5 Å². The number of nitrogens with one attached hydrogen (secondary N) is 1. The second-order valence-corrected chi connectivity index (χ2v) is 5.25. The molecule has 0 aromatic carbocycles. The van der Waals surface area contributed by atoms with E-state index in [9.17, 15) is 14.4 Å². The van der Waals surface area contributed by atoms with Crippen LogP contribution in [0.15, 0.2) is 0 Å². The number of nitrogens with zero attached hydrogens (tertiary/aromatic N) is 1. The third-order valence-electron chi connectivity index (χ3n) is 2.60. The molecule has 7 nitrogen and oxygen atoms in total. The topological polar surface area (TPSA) is 113 Å². The molecule has 0 aliphatic carbocycles. The van der Waals surface area contributed by atoms with E-state index in [-0.39, 0.29) is 11.5 Å². The number of carbonyl (C=O) groups is 3. The Labute approximate surface area is 106 Å². The Hall–Kier alpha value is -1.79. The summed E-state index contributed by atoms with van der Waals surface area (Å²) < 4.78 is 0. The van der Waals surface area contributed by atoms with Crippen LogP contribution in [0.4, 0.5) is 4.79 Å². The van der Waals surface area contributed by atoms with Gasteiger partial charge in [0, 0.05) is 6.04 Å². The number of carboxylic acids is 1. The molecule has 0 fully saturated rings. The number of carbonyl (C=O) groups excluding carboxylic acids is 2. The molecule has 0 aromatic heterocycles. The van der Waals surface area contributed by atoms with Crippen LogP contribution in [0.25, 0.3) is 0 Å². The fourth-order valence-electron chi connectivity index (χ4n) is 1.04. The van der Waals surface area contributed by atoms with Crippen LogP contribution in [0.5, 0.6) is 0 Å². The van der Waals surface area contributed by atoms with Gasteiger partial charge >= 0.3 is 12.0 Å². The minimum Gasteiger partial charge on any atom is -0.480 e. The number of carboxylic acid groups (broad SMARTS) is 1. The molecule has 0 saturated carbocycles. The summed E-state index contributed by atoms with van der Waals surface area (Å²) in [5, 5.41) is 11.3. The van der Waals surface area contributed by atoms with E-state index in [4.69, 9.17) is 10.8 Å². The fourth-order valence-corrected chi connectivity index (χ4v) is 1.04. The van der Waals surface area contributed by atoms with Gasteiger partial charge in [0.15, 0.2) is 0 Å². The van der Waals surface area contributed by atoms with Crippen LogP contribution < -0.4 is 11.1 Å². The molecule has 0 aromatic rings. The maximum atomic E-state index is 11.8. The van der Waals surface area contributed by atoms with Crippen molar-refractivity contribution in [3.8, 4) is 0 Å². The lowest BCUT2D eigenvalue weighted by Crippen LogP contribution is -2.51. The normalized spacial score (nSPS) is 12.7. The summed E-state index contributed by atoms with van der Waals surface area (Å²) in [7, 11) is 0. The van der Waals surface area contributed by atoms with E-state index >= 15 is 0 Å². The molecule has 0 heterocycles. The highest BCUT2D eigenvalue weighted by atomic mass is 16.4. The number of nitrogens with two attached hydrogens (primary N) is 1. The summed E-state index contributed by atoms with van der Waals surface area (Å²) in [4.78, 5) is 34.1. The molecule has 1 unspecified atom stereocenters. The lowest BCUT2D eigenvalue weighted by atomic mass is 9.88. The van der Waals surface area contributed by atoms with Gasteiger partial charge < -0.3 is 21.1 Å². The maximum Gasteiger partial charge on any atom is 0.323 e. The number of urea groups is 1. The van der Waals surface area contributed by atoms with Crippen LogP contribution in [0.2, 0.25) is 0 Å². The predicted octanol–water partition coefficient (Wildman–Crippen LogP) is 0.00250. The Morgan fingerprint density at radius 3 is 2.11 bits per heavy atom. The first-order valence-electron chi connectivity index (χ1n) is 5.59. The first-order chi connectivity index (χ1) is 8.04. The van der Waals surface area contributed by atoms with E-state index in [0.717, 1.165) is 4.90 Å². The molecule has 0 radical (unpaired) electrons. The number of primary amides is 1. The molecule has 0 rings (SSSR count). The molecule has 0 bridgehead atoms. The van der Waals surface area contributed by atoms with Crippen molar-refractivity contribution in [1.29, 1.82) is 0 Å². The highest BCUT2D eigenvalue weighted by Gasteiger charge is 2.25. The molecule has 18 heavy (non-hydrogen) atoms. The summed E-state index contributed by atoms with van der Waals surface area (Å²) >= 11 is 0. The summed E-state index contributed by atoms with van der Waals surface area (Å²) in [6.45, 7) is 6.64. The molecule has 104 valence electrons. The van der Waals surface area contributed by atoms with Crippen molar-refractivity contribution in [3.63, 3.8) is 0 Å². The van der Waals surface area contributed by atoms with Crippen LogP contribution in [0, 0.1) is 5.41 Å². The molecule has 0 spiro atoms. The molecule has 4 N–H and O–H groups in total. The van der Waals surface area contributed by atoms with E-state index in [2.05, 4.69) is 5.32 Å². The predicted molar refractivity (Wildman–Crippen MR) is 65.9 cm³/mol. The Kier molecular flexibility index (Phi) is 5.61. The van der Waals surface area contributed by atoms with Crippen molar-refractivity contribution in [2.45, 2.75) is 33.7 Å². The second-order valence-electron chi connectivity index (χ2n) is 5.25. The van der Waals surface area contributed by atoms with Gasteiger partial charge in [0.1, 0.15) is 13.1 Å². The minimum absolute atomic E-state index is 0.169. The van der Waals surface area contributed by atoms with Crippen LogP contribution in [-0.4, -0.2) is 47.0 Å². The van der Waals surface area contributed by atoms with E-state index in [0.29, 0.717) is 0 Å². The number of aliphatic carboxylic acids is 1. The molecule has 3 amide bonds. The largest absolute Gasteiger partial charge is 0.480 e. The molecule has 1 atom stereocenters. The first kappa shape index (κ1) is 16.2. The lowest BCUT2D eigenvalue weighted by Gasteiger charge is -2.30. The van der Waals surface area contributed by atoms with E-state index in [1.54, 1.807) is 6.92 Å². The lowest BCUT2D eigenvalue weighted by molar-refractivity contribution is -0.137. The zero-order valence-corrected chi connectivity index (χ0v) is 11.2. The zero-order valence-electron chi connectivity index (χ0n) is 11.2. The Morgan fingerprint density at radius 1 is 1.28 bits per heavy atom. The highest BCUT2D eigenvalue weighted by molar-refractivity contribution is 5.86. The van der Waals surface area contributed by atoms with Gasteiger partial charge in [0.25, 0.3) is 0 Å². The third kappa shape index (κ3) is 6.07. The van der Waals surface area contributed by atoms with Gasteiger partial charge in [-0.15, -0.1) is 0 Å². The van der Waals surface area contributed by atoms with Gasteiger partial charge in [-0.05, 0) is 12.3 Å². The van der Waals surface area contributed by atoms with Gasteiger partial charge in [0.2, 0.25) is 5.91 Å². The Bertz CT molecular complexity index is 320. The average Bonchev–Trinajstić information content (AvgIpc) is 2.13. The van der Waals surface area contributed by atoms with Crippen LogP contribution in [-0.2, 0) is 9.59 Å². The standard InChI is InChI=1S/C11H21N3O4/c1-7(11(2,3)4)13-10(18)14(5-8(12)15)6-9(16)17/h7H,5-6H2,1-4H3,(H2,12,15)(H,13,18)(H,16,17). The summed E-state index contributed by atoms with van der Waals surface area (Å²) in [5.41, 5.74) is 4.80. The number of rotatable bonds is 5. The summed E-state index contributed by atoms with van der Waals surface area (Å²) in [6, 6.07) is -0.784. The molecule has 0 aliphatic heterocycles. The van der Waals surface area contributed by atoms with E-state index < -0.39 is 31.0 Å². The summed E-state index contributed by atoms with van der Waals surface area (Å²) in [6.07, 6.45) is 0. The quantitative estimate of drug-likeness (QED) is 0.645. The number of hydrogen-bond acceptors (Lipinski definition) is 3. The number of amides is 3. The Balaban J connectivity index is 4.65. The number of hydrogen-bond donors (Lipinski definition) is 3. The van der Waals surface area contributed by atoms with Crippen LogP contribution in [0.1, 0.15) is 27.7 Å². The first-order valence-corrected chi connectivity index (χ1v) is 5.59.